The van der Waals surface area contributed by atoms with E-state index in [1.165, 1.54) is 6.20 Å². The molecule has 4 N–H and O–H groups in total. The van der Waals surface area contributed by atoms with Gasteiger partial charge in [0.05, 0.1) is 12.2 Å². The number of aromatic nitrogens is 4. The third kappa shape index (κ3) is 4.26. The summed E-state index contributed by atoms with van der Waals surface area (Å²) in [5.74, 6) is 0.0275. The molecule has 0 radical (unpaired) electrons. The summed E-state index contributed by atoms with van der Waals surface area (Å²) in [6, 6.07) is 1.54. The third-order valence-electron chi connectivity index (χ3n) is 5.11. The van der Waals surface area contributed by atoms with Gasteiger partial charge in [-0.3, -0.25) is 0 Å². The molecule has 2 amide bonds. The fourth-order valence-electron chi connectivity index (χ4n) is 3.65. The fourth-order valence-corrected chi connectivity index (χ4v) is 4.10. The van der Waals surface area contributed by atoms with Crippen LogP contribution in [0.5, 0.6) is 0 Å². The van der Waals surface area contributed by atoms with Crippen LogP contribution in [0.2, 0.25) is 0 Å². The molecule has 3 aromatic heterocycles. The average molecular weight is 509 g/mol. The molecule has 8 nitrogen and oxygen atoms in total. The highest BCUT2D eigenvalue weighted by atomic mass is 127. The van der Waals surface area contributed by atoms with Crippen molar-refractivity contribution in [3.05, 3.63) is 34.0 Å². The lowest BCUT2D eigenvalue weighted by atomic mass is 9.90. The average Bonchev–Trinajstić information content (AvgIpc) is 3.14. The summed E-state index contributed by atoms with van der Waals surface area (Å²) in [6.07, 6.45) is 8.40. The molecule has 4 rings (SSSR count). The van der Waals surface area contributed by atoms with Crippen LogP contribution in [0.4, 0.5) is 15.0 Å². The van der Waals surface area contributed by atoms with Crippen molar-refractivity contribution >= 4 is 45.5 Å². The number of amides is 2. The number of pyridine rings is 1. The van der Waals surface area contributed by atoms with E-state index in [0.717, 1.165) is 45.9 Å². The minimum Gasteiger partial charge on any atom is -0.363 e. The quantitative estimate of drug-likeness (QED) is 0.404. The van der Waals surface area contributed by atoms with E-state index in [2.05, 4.69) is 58.5 Å². The first-order valence-electron chi connectivity index (χ1n) is 9.45. The highest BCUT2D eigenvalue weighted by molar-refractivity contribution is 14.1. The number of nitrogens with zero attached hydrogens (tertiary/aromatic N) is 3. The van der Waals surface area contributed by atoms with E-state index >= 15 is 0 Å². The number of hydrogen-bond donors (Lipinski definition) is 4. The highest BCUT2D eigenvalue weighted by Crippen LogP contribution is 2.28. The van der Waals surface area contributed by atoms with E-state index in [4.69, 9.17) is 0 Å². The molecule has 0 saturated heterocycles. The number of halogens is 2. The molecule has 10 heteroatoms. The molecular weight excluding hydrogens is 488 g/mol. The van der Waals surface area contributed by atoms with E-state index in [1.807, 2.05) is 6.07 Å². The fraction of sp³-hybridized carbons (Fsp3) is 0.368. The van der Waals surface area contributed by atoms with Crippen LogP contribution in [-0.2, 0) is 0 Å². The minimum atomic E-state index is -0.523. The summed E-state index contributed by atoms with van der Waals surface area (Å²) in [5.41, 5.74) is 1.49. The van der Waals surface area contributed by atoms with Gasteiger partial charge >= 0.3 is 6.03 Å². The summed E-state index contributed by atoms with van der Waals surface area (Å²) < 4.78 is 15.5. The second-order valence-electron chi connectivity index (χ2n) is 7.01. The maximum Gasteiger partial charge on any atom is 0.314 e. The number of rotatable bonds is 4. The van der Waals surface area contributed by atoms with Crippen molar-refractivity contribution in [2.75, 3.05) is 12.4 Å². The molecule has 1 aliphatic carbocycles. The van der Waals surface area contributed by atoms with Crippen molar-refractivity contribution in [1.82, 2.24) is 30.6 Å². The first-order valence-corrected chi connectivity index (χ1v) is 10.5. The molecule has 1 saturated carbocycles. The van der Waals surface area contributed by atoms with E-state index in [1.54, 1.807) is 19.4 Å². The summed E-state index contributed by atoms with van der Waals surface area (Å²) in [5, 5.41) is 9.58. The normalized spacial score (nSPS) is 19.1. The number of nitrogens with one attached hydrogen (secondary N) is 4. The van der Waals surface area contributed by atoms with Crippen molar-refractivity contribution in [3.8, 4) is 11.4 Å². The standard InChI is InChI=1S/C19H21FIN7O/c1-22-19(29)27-15-5-3-2-4-14(15)26-18-13(20)9-25-17(28-18)12-8-24-16-11(12)6-10(21)7-23-16/h6-9,14-15H,2-5H2,1H3,(H,23,24)(H2,22,27,29)(H,25,26,28)/t14?,15-/m0/s1. The zero-order valence-corrected chi connectivity index (χ0v) is 18.0. The van der Waals surface area contributed by atoms with E-state index in [9.17, 15) is 9.18 Å². The second kappa shape index (κ2) is 8.47. The smallest absolute Gasteiger partial charge is 0.314 e. The third-order valence-corrected chi connectivity index (χ3v) is 5.70. The van der Waals surface area contributed by atoms with Crippen LogP contribution in [0.15, 0.2) is 24.7 Å². The summed E-state index contributed by atoms with van der Waals surface area (Å²) >= 11 is 2.20. The number of fused-ring (bicyclic) bond motifs is 1. The Bertz CT molecular complexity index is 1040. The Kier molecular flexibility index (Phi) is 5.79. The van der Waals surface area contributed by atoms with Gasteiger partial charge in [0.15, 0.2) is 17.5 Å². The highest BCUT2D eigenvalue weighted by Gasteiger charge is 2.27. The predicted molar refractivity (Wildman–Crippen MR) is 117 cm³/mol. The molecule has 0 spiro atoms. The Hall–Kier alpha value is -2.50. The lowest BCUT2D eigenvalue weighted by Gasteiger charge is -2.33. The number of hydrogen-bond acceptors (Lipinski definition) is 5. The molecule has 1 unspecified atom stereocenters. The van der Waals surface area contributed by atoms with Crippen molar-refractivity contribution < 1.29 is 9.18 Å². The molecule has 2 atom stereocenters. The van der Waals surface area contributed by atoms with Crippen molar-refractivity contribution in [1.29, 1.82) is 0 Å². The van der Waals surface area contributed by atoms with Crippen LogP contribution < -0.4 is 16.0 Å². The van der Waals surface area contributed by atoms with Gasteiger partial charge in [-0.25, -0.2) is 24.1 Å². The number of anilines is 1. The summed E-state index contributed by atoms with van der Waals surface area (Å²) in [4.78, 5) is 27.8. The van der Waals surface area contributed by atoms with Crippen molar-refractivity contribution in [2.24, 2.45) is 0 Å². The maximum absolute atomic E-state index is 14.5. The first-order chi connectivity index (χ1) is 14.0. The van der Waals surface area contributed by atoms with Crippen LogP contribution in [0.3, 0.4) is 0 Å². The Balaban J connectivity index is 1.62. The van der Waals surface area contributed by atoms with Gasteiger partial charge in [0.1, 0.15) is 5.65 Å². The monoisotopic (exact) mass is 509 g/mol. The van der Waals surface area contributed by atoms with E-state index in [-0.39, 0.29) is 23.9 Å². The van der Waals surface area contributed by atoms with Gasteiger partial charge in [-0.15, -0.1) is 0 Å². The Morgan fingerprint density at radius 1 is 1.24 bits per heavy atom. The van der Waals surface area contributed by atoms with Gasteiger partial charge < -0.3 is 20.9 Å². The molecule has 3 aromatic rings. The summed E-state index contributed by atoms with van der Waals surface area (Å²) in [6.45, 7) is 0. The topological polar surface area (TPSA) is 108 Å². The van der Waals surface area contributed by atoms with Crippen molar-refractivity contribution in [3.63, 3.8) is 0 Å². The van der Waals surface area contributed by atoms with E-state index < -0.39 is 5.82 Å². The van der Waals surface area contributed by atoms with Gasteiger partial charge in [0.25, 0.3) is 0 Å². The second-order valence-corrected chi connectivity index (χ2v) is 8.25. The molecule has 0 aliphatic heterocycles. The molecule has 1 fully saturated rings. The Labute approximate surface area is 180 Å². The maximum atomic E-state index is 14.5. The minimum absolute atomic E-state index is 0.0969. The largest absolute Gasteiger partial charge is 0.363 e. The Morgan fingerprint density at radius 2 is 2.03 bits per heavy atom. The zero-order valence-electron chi connectivity index (χ0n) is 15.8. The zero-order chi connectivity index (χ0) is 20.4. The predicted octanol–water partition coefficient (Wildman–Crippen LogP) is 3.42. The number of urea groups is 1. The Morgan fingerprint density at radius 3 is 2.83 bits per heavy atom. The van der Waals surface area contributed by atoms with E-state index in [0.29, 0.717) is 5.82 Å². The van der Waals surface area contributed by atoms with Gasteiger partial charge in [0, 0.05) is 40.0 Å². The SMILES string of the molecule is CNC(=O)N[C@H]1CCCCC1Nc1nc(-c2c[nH]c3ncc(I)cc23)ncc1F. The lowest BCUT2D eigenvalue weighted by molar-refractivity contribution is 0.232. The summed E-state index contributed by atoms with van der Waals surface area (Å²) in [7, 11) is 1.58. The van der Waals surface area contributed by atoms with Crippen LogP contribution in [-0.4, -0.2) is 45.1 Å². The number of carbonyl (C=O) groups is 1. The molecule has 152 valence electrons. The number of carbonyl (C=O) groups excluding carboxylic acids is 1. The molecular formula is C19H21FIN7O. The number of H-pyrrole nitrogens is 1. The molecule has 1 aliphatic rings. The van der Waals surface area contributed by atoms with Crippen LogP contribution in [0, 0.1) is 9.39 Å². The van der Waals surface area contributed by atoms with Gasteiger partial charge in [-0.1, -0.05) is 12.8 Å². The van der Waals surface area contributed by atoms with Gasteiger partial charge in [-0.05, 0) is 41.5 Å². The lowest BCUT2D eigenvalue weighted by Crippen LogP contribution is -2.51. The van der Waals surface area contributed by atoms with Crippen LogP contribution in [0.25, 0.3) is 22.4 Å². The van der Waals surface area contributed by atoms with Crippen molar-refractivity contribution in [2.45, 2.75) is 37.8 Å². The van der Waals surface area contributed by atoms with Crippen LogP contribution >= 0.6 is 22.6 Å². The van der Waals surface area contributed by atoms with Crippen LogP contribution in [0.1, 0.15) is 25.7 Å². The molecule has 29 heavy (non-hydrogen) atoms. The molecule has 0 bridgehead atoms. The number of aromatic amines is 1. The molecule has 0 aromatic carbocycles. The van der Waals surface area contributed by atoms with Gasteiger partial charge in [-0.2, -0.15) is 0 Å². The van der Waals surface area contributed by atoms with Gasteiger partial charge in [0.2, 0.25) is 0 Å². The first kappa shape index (κ1) is 19.8. The molecule has 3 heterocycles.